The molecule has 0 radical (unpaired) electrons. The lowest BCUT2D eigenvalue weighted by Gasteiger charge is -2.29. The summed E-state index contributed by atoms with van der Waals surface area (Å²) < 4.78 is 8.40. The molecule has 1 aliphatic rings. The van der Waals surface area contributed by atoms with Crippen molar-refractivity contribution in [3.63, 3.8) is 0 Å². The third kappa shape index (κ3) is 2.89. The van der Waals surface area contributed by atoms with Crippen LogP contribution in [0.5, 0.6) is 5.75 Å². The summed E-state index contributed by atoms with van der Waals surface area (Å²) in [5.41, 5.74) is 7.55. The fraction of sp³-hybridized carbons (Fsp3) is 0.312. The van der Waals surface area contributed by atoms with Crippen molar-refractivity contribution in [2.75, 3.05) is 11.9 Å². The zero-order valence-corrected chi connectivity index (χ0v) is 15.0. The van der Waals surface area contributed by atoms with Gasteiger partial charge in [0.05, 0.1) is 12.2 Å². The van der Waals surface area contributed by atoms with Crippen LogP contribution in [0.3, 0.4) is 0 Å². The molecular formula is C16H18BrN5O2. The maximum atomic E-state index is 12.1. The van der Waals surface area contributed by atoms with E-state index in [1.54, 1.807) is 11.6 Å². The second-order valence-electron chi connectivity index (χ2n) is 5.49. The summed E-state index contributed by atoms with van der Waals surface area (Å²) in [6.45, 7) is 4.42. The molecular weight excluding hydrogens is 374 g/mol. The average molecular weight is 392 g/mol. The van der Waals surface area contributed by atoms with Crippen molar-refractivity contribution < 1.29 is 9.53 Å². The van der Waals surface area contributed by atoms with Gasteiger partial charge in [-0.2, -0.15) is 10.1 Å². The van der Waals surface area contributed by atoms with Gasteiger partial charge in [0, 0.05) is 15.7 Å². The number of nitrogens with zero attached hydrogens (tertiary/aromatic N) is 3. The first-order valence-electron chi connectivity index (χ1n) is 7.62. The molecule has 0 fully saturated rings. The Morgan fingerprint density at radius 2 is 2.29 bits per heavy atom. The van der Waals surface area contributed by atoms with Crippen molar-refractivity contribution in [1.29, 1.82) is 0 Å². The first-order valence-corrected chi connectivity index (χ1v) is 8.41. The summed E-state index contributed by atoms with van der Waals surface area (Å²) in [6.07, 6.45) is 2.32. The second-order valence-corrected chi connectivity index (χ2v) is 6.40. The number of amides is 1. The Morgan fingerprint density at radius 3 is 3.00 bits per heavy atom. The van der Waals surface area contributed by atoms with Crippen LogP contribution in [0.2, 0.25) is 0 Å². The van der Waals surface area contributed by atoms with Gasteiger partial charge in [0.15, 0.2) is 0 Å². The van der Waals surface area contributed by atoms with E-state index in [4.69, 9.17) is 10.5 Å². The quantitative estimate of drug-likeness (QED) is 0.816. The minimum atomic E-state index is -0.507. The van der Waals surface area contributed by atoms with E-state index in [2.05, 4.69) is 31.3 Å². The number of benzene rings is 1. The number of fused-ring (bicyclic) bond motifs is 1. The monoisotopic (exact) mass is 391 g/mol. The molecule has 0 spiro atoms. The zero-order valence-electron chi connectivity index (χ0n) is 13.4. The highest BCUT2D eigenvalue weighted by atomic mass is 79.9. The number of aromatic nitrogens is 3. The summed E-state index contributed by atoms with van der Waals surface area (Å²) in [4.78, 5) is 16.3. The molecule has 0 unspecified atom stereocenters. The van der Waals surface area contributed by atoms with Crippen molar-refractivity contribution in [3.8, 4) is 5.75 Å². The molecule has 3 rings (SSSR count). The molecule has 0 bridgehead atoms. The SMILES string of the molecule is CCCOc1ccc(Br)cc1[C@H]1C(C(N)=O)=C(C)Nc2ncnn21. The van der Waals surface area contributed by atoms with Gasteiger partial charge >= 0.3 is 0 Å². The van der Waals surface area contributed by atoms with Gasteiger partial charge in [0.2, 0.25) is 11.9 Å². The number of nitrogens with two attached hydrogens (primary N) is 1. The molecule has 1 aliphatic heterocycles. The van der Waals surface area contributed by atoms with Gasteiger partial charge in [-0.3, -0.25) is 4.79 Å². The lowest BCUT2D eigenvalue weighted by Crippen LogP contribution is -2.32. The van der Waals surface area contributed by atoms with E-state index in [1.165, 1.54) is 6.33 Å². The molecule has 1 atom stereocenters. The minimum Gasteiger partial charge on any atom is -0.493 e. The van der Waals surface area contributed by atoms with Crippen LogP contribution in [0.15, 0.2) is 40.3 Å². The van der Waals surface area contributed by atoms with Crippen LogP contribution >= 0.6 is 15.9 Å². The zero-order chi connectivity index (χ0) is 17.3. The number of rotatable bonds is 5. The Balaban J connectivity index is 2.19. The van der Waals surface area contributed by atoms with E-state index in [1.807, 2.05) is 25.1 Å². The molecule has 3 N–H and O–H groups in total. The maximum Gasteiger partial charge on any atom is 0.248 e. The standard InChI is InChI=1S/C16H18BrN5O2/c1-3-6-24-12-5-4-10(17)7-11(12)14-13(15(18)23)9(2)21-16-19-8-20-22(14)16/h4-5,7-8,14H,3,6H2,1-2H3,(H2,18,23)(H,19,20,21)/t14-/m0/s1. The largest absolute Gasteiger partial charge is 0.493 e. The van der Waals surface area contributed by atoms with Gasteiger partial charge in [-0.05, 0) is 31.5 Å². The second kappa shape index (κ2) is 6.64. The topological polar surface area (TPSA) is 95.1 Å². The van der Waals surface area contributed by atoms with Crippen molar-refractivity contribution in [2.45, 2.75) is 26.3 Å². The molecule has 2 aromatic rings. The number of nitrogens with one attached hydrogen (secondary N) is 1. The molecule has 0 aliphatic carbocycles. The highest BCUT2D eigenvalue weighted by Crippen LogP contribution is 2.39. The van der Waals surface area contributed by atoms with Crippen LogP contribution in [0.4, 0.5) is 5.95 Å². The third-order valence-corrected chi connectivity index (χ3v) is 4.28. The van der Waals surface area contributed by atoms with Crippen molar-refractivity contribution >= 4 is 27.8 Å². The van der Waals surface area contributed by atoms with E-state index in [-0.39, 0.29) is 0 Å². The van der Waals surface area contributed by atoms with Gasteiger partial charge in [-0.25, -0.2) is 4.68 Å². The van der Waals surface area contributed by atoms with Gasteiger partial charge in [0.25, 0.3) is 0 Å². The highest BCUT2D eigenvalue weighted by molar-refractivity contribution is 9.10. The number of anilines is 1. The molecule has 126 valence electrons. The molecule has 0 saturated heterocycles. The number of carbonyl (C=O) groups excluding carboxylic acids is 1. The van der Waals surface area contributed by atoms with Gasteiger partial charge in [-0.1, -0.05) is 22.9 Å². The Bertz CT molecular complexity index is 815. The number of hydrogen-bond donors (Lipinski definition) is 2. The first-order chi connectivity index (χ1) is 11.5. The summed E-state index contributed by atoms with van der Waals surface area (Å²) in [5, 5.41) is 7.33. The smallest absolute Gasteiger partial charge is 0.248 e. The van der Waals surface area contributed by atoms with Crippen LogP contribution in [0, 0.1) is 0 Å². The van der Waals surface area contributed by atoms with Crippen molar-refractivity contribution in [1.82, 2.24) is 14.8 Å². The van der Waals surface area contributed by atoms with E-state index in [0.29, 0.717) is 29.6 Å². The maximum absolute atomic E-state index is 12.1. The Morgan fingerprint density at radius 1 is 1.50 bits per heavy atom. The number of carbonyl (C=O) groups is 1. The minimum absolute atomic E-state index is 0.437. The van der Waals surface area contributed by atoms with E-state index < -0.39 is 11.9 Å². The summed E-state index contributed by atoms with van der Waals surface area (Å²) in [7, 11) is 0. The average Bonchev–Trinajstić information content (AvgIpc) is 2.99. The highest BCUT2D eigenvalue weighted by Gasteiger charge is 2.34. The molecule has 1 aromatic heterocycles. The lowest BCUT2D eigenvalue weighted by atomic mass is 9.94. The summed E-state index contributed by atoms with van der Waals surface area (Å²) in [5.74, 6) is 0.747. The Kier molecular flexibility index (Phi) is 4.57. The van der Waals surface area contributed by atoms with Crippen molar-refractivity contribution in [3.05, 3.63) is 45.8 Å². The molecule has 1 amide bonds. The normalized spacial score (nSPS) is 16.5. The molecule has 7 nitrogen and oxygen atoms in total. The summed E-state index contributed by atoms with van der Waals surface area (Å²) in [6, 6.07) is 5.20. The summed E-state index contributed by atoms with van der Waals surface area (Å²) >= 11 is 3.49. The number of primary amides is 1. The molecule has 2 heterocycles. The first kappa shape index (κ1) is 16.5. The van der Waals surface area contributed by atoms with Crippen molar-refractivity contribution in [2.24, 2.45) is 5.73 Å². The van der Waals surface area contributed by atoms with Gasteiger partial charge in [-0.15, -0.1) is 0 Å². The van der Waals surface area contributed by atoms with E-state index in [9.17, 15) is 4.79 Å². The number of halogens is 1. The van der Waals surface area contributed by atoms with Crippen LogP contribution in [0.25, 0.3) is 0 Å². The Hall–Kier alpha value is -2.35. The van der Waals surface area contributed by atoms with Gasteiger partial charge in [0.1, 0.15) is 18.1 Å². The molecule has 1 aromatic carbocycles. The number of ether oxygens (including phenoxy) is 1. The van der Waals surface area contributed by atoms with Crippen LogP contribution in [0.1, 0.15) is 31.9 Å². The number of allylic oxidation sites excluding steroid dienone is 1. The molecule has 8 heteroatoms. The lowest BCUT2D eigenvalue weighted by molar-refractivity contribution is -0.115. The van der Waals surface area contributed by atoms with Crippen LogP contribution in [-0.4, -0.2) is 27.3 Å². The fourth-order valence-corrected chi connectivity index (χ4v) is 3.15. The Labute approximate surface area is 148 Å². The third-order valence-electron chi connectivity index (χ3n) is 3.79. The predicted molar refractivity (Wildman–Crippen MR) is 93.6 cm³/mol. The number of hydrogen-bond acceptors (Lipinski definition) is 5. The molecule has 0 saturated carbocycles. The fourth-order valence-electron chi connectivity index (χ4n) is 2.77. The van der Waals surface area contributed by atoms with Crippen LogP contribution in [-0.2, 0) is 4.79 Å². The predicted octanol–water partition coefficient (Wildman–Crippen LogP) is 2.60. The van der Waals surface area contributed by atoms with E-state index >= 15 is 0 Å². The van der Waals surface area contributed by atoms with Gasteiger partial charge < -0.3 is 15.8 Å². The van der Waals surface area contributed by atoms with Crippen LogP contribution < -0.4 is 15.8 Å². The van der Waals surface area contributed by atoms with E-state index in [0.717, 1.165) is 16.5 Å². The molecule has 24 heavy (non-hydrogen) atoms.